The third kappa shape index (κ3) is 1.90. The Morgan fingerprint density at radius 2 is 2.25 bits per heavy atom. The average Bonchev–Trinajstić information content (AvgIpc) is 2.88. The molecule has 1 saturated carbocycles. The van der Waals surface area contributed by atoms with Crippen LogP contribution in [0.1, 0.15) is 40.0 Å². The molecule has 1 heterocycles. The van der Waals surface area contributed by atoms with Crippen LogP contribution in [0.15, 0.2) is 0 Å². The predicted molar refractivity (Wildman–Crippen MR) is 60.1 cm³/mol. The van der Waals surface area contributed by atoms with E-state index in [9.17, 15) is 9.90 Å². The van der Waals surface area contributed by atoms with Gasteiger partial charge in [0.05, 0.1) is 12.1 Å². The number of aliphatic hydroxyl groups is 1. The highest BCUT2D eigenvalue weighted by molar-refractivity contribution is 5.70. The summed E-state index contributed by atoms with van der Waals surface area (Å²) in [5, 5.41) is 9.46. The third-order valence-electron chi connectivity index (χ3n) is 3.56. The van der Waals surface area contributed by atoms with Crippen LogP contribution in [0.2, 0.25) is 0 Å². The Bertz CT molecular complexity index is 297. The van der Waals surface area contributed by atoms with Crippen molar-refractivity contribution in [3.8, 4) is 0 Å². The molecule has 2 atom stereocenters. The van der Waals surface area contributed by atoms with Crippen molar-refractivity contribution in [2.24, 2.45) is 5.92 Å². The lowest BCUT2D eigenvalue weighted by atomic mass is 10.0. The standard InChI is InChI=1S/C12H21NO3/c1-11(2,3)16-10(15)13-6-4-5-9-7-12(9,13)8-14/h9,14H,4-8H2,1-3H3/t9-,12-/m1/s1. The SMILES string of the molecule is CC(C)(C)OC(=O)N1CCC[C@@H]2C[C@@]21CO. The average molecular weight is 227 g/mol. The Morgan fingerprint density at radius 3 is 2.81 bits per heavy atom. The van der Waals surface area contributed by atoms with E-state index in [1.54, 1.807) is 4.90 Å². The van der Waals surface area contributed by atoms with Crippen molar-refractivity contribution in [2.75, 3.05) is 13.2 Å². The van der Waals surface area contributed by atoms with Crippen molar-refractivity contribution in [1.82, 2.24) is 4.90 Å². The van der Waals surface area contributed by atoms with Crippen molar-refractivity contribution < 1.29 is 14.6 Å². The number of fused-ring (bicyclic) bond motifs is 1. The van der Waals surface area contributed by atoms with Gasteiger partial charge in [0.15, 0.2) is 0 Å². The monoisotopic (exact) mass is 227 g/mol. The van der Waals surface area contributed by atoms with Crippen LogP contribution in [0.25, 0.3) is 0 Å². The van der Waals surface area contributed by atoms with Gasteiger partial charge in [0.1, 0.15) is 5.60 Å². The third-order valence-corrected chi connectivity index (χ3v) is 3.56. The van der Waals surface area contributed by atoms with Gasteiger partial charge in [-0.3, -0.25) is 4.90 Å². The first-order valence-electron chi connectivity index (χ1n) is 6.00. The first-order valence-corrected chi connectivity index (χ1v) is 6.00. The van der Waals surface area contributed by atoms with Crippen LogP contribution in [-0.2, 0) is 4.74 Å². The molecular formula is C12H21NO3. The summed E-state index contributed by atoms with van der Waals surface area (Å²) >= 11 is 0. The zero-order valence-corrected chi connectivity index (χ0v) is 10.3. The molecule has 1 N–H and O–H groups in total. The summed E-state index contributed by atoms with van der Waals surface area (Å²) in [6.07, 6.45) is 2.80. The normalized spacial score (nSPS) is 33.2. The molecule has 4 nitrogen and oxygen atoms in total. The van der Waals surface area contributed by atoms with Gasteiger partial charge in [-0.2, -0.15) is 0 Å². The molecule has 0 unspecified atom stereocenters. The van der Waals surface area contributed by atoms with Gasteiger partial charge in [-0.1, -0.05) is 0 Å². The highest BCUT2D eigenvalue weighted by atomic mass is 16.6. The Morgan fingerprint density at radius 1 is 1.56 bits per heavy atom. The number of carbonyl (C=O) groups excluding carboxylic acids is 1. The summed E-state index contributed by atoms with van der Waals surface area (Å²) in [7, 11) is 0. The quantitative estimate of drug-likeness (QED) is 0.742. The van der Waals surface area contributed by atoms with Gasteiger partial charge in [0, 0.05) is 6.54 Å². The van der Waals surface area contributed by atoms with Crippen LogP contribution in [0.5, 0.6) is 0 Å². The zero-order valence-electron chi connectivity index (χ0n) is 10.3. The maximum Gasteiger partial charge on any atom is 0.410 e. The Kier molecular flexibility index (Phi) is 2.65. The number of nitrogens with zero attached hydrogens (tertiary/aromatic N) is 1. The summed E-state index contributed by atoms with van der Waals surface area (Å²) in [5.41, 5.74) is -0.754. The van der Waals surface area contributed by atoms with E-state index in [1.165, 1.54) is 0 Å². The molecule has 0 aromatic heterocycles. The predicted octanol–water partition coefficient (Wildman–Crippen LogP) is 1.77. The molecule has 16 heavy (non-hydrogen) atoms. The van der Waals surface area contributed by atoms with E-state index in [0.717, 1.165) is 19.3 Å². The Labute approximate surface area is 96.6 Å². The second-order valence-corrected chi connectivity index (χ2v) is 5.94. The van der Waals surface area contributed by atoms with Crippen molar-refractivity contribution in [1.29, 1.82) is 0 Å². The molecule has 4 heteroatoms. The molecule has 0 bridgehead atoms. The number of amides is 1. The summed E-state index contributed by atoms with van der Waals surface area (Å²) in [5.74, 6) is 0.485. The van der Waals surface area contributed by atoms with Gasteiger partial charge < -0.3 is 9.84 Å². The van der Waals surface area contributed by atoms with Gasteiger partial charge in [0.25, 0.3) is 0 Å². The smallest absolute Gasteiger partial charge is 0.410 e. The number of rotatable bonds is 1. The molecule has 0 spiro atoms. The molecule has 1 aliphatic heterocycles. The molecule has 2 fully saturated rings. The van der Waals surface area contributed by atoms with Crippen molar-refractivity contribution >= 4 is 6.09 Å². The van der Waals surface area contributed by atoms with Gasteiger partial charge in [-0.25, -0.2) is 4.79 Å². The topological polar surface area (TPSA) is 49.8 Å². The fraction of sp³-hybridized carbons (Fsp3) is 0.917. The summed E-state index contributed by atoms with van der Waals surface area (Å²) < 4.78 is 5.38. The van der Waals surface area contributed by atoms with Crippen LogP contribution in [0, 0.1) is 5.92 Å². The van der Waals surface area contributed by atoms with Crippen molar-refractivity contribution in [3.63, 3.8) is 0 Å². The van der Waals surface area contributed by atoms with E-state index in [4.69, 9.17) is 4.74 Å². The molecule has 0 aromatic carbocycles. The second kappa shape index (κ2) is 3.62. The van der Waals surface area contributed by atoms with Crippen LogP contribution < -0.4 is 0 Å². The molecule has 2 aliphatic rings. The first kappa shape index (κ1) is 11.7. The van der Waals surface area contributed by atoms with Crippen LogP contribution in [0.3, 0.4) is 0 Å². The fourth-order valence-corrected chi connectivity index (χ4v) is 2.66. The van der Waals surface area contributed by atoms with Gasteiger partial charge >= 0.3 is 6.09 Å². The maximum absolute atomic E-state index is 12.0. The fourth-order valence-electron chi connectivity index (χ4n) is 2.66. The number of likely N-dealkylation sites (tertiary alicyclic amines) is 1. The highest BCUT2D eigenvalue weighted by Gasteiger charge is 2.61. The van der Waals surface area contributed by atoms with Gasteiger partial charge in [-0.05, 0) is 46.0 Å². The van der Waals surface area contributed by atoms with Crippen molar-refractivity contribution in [2.45, 2.75) is 51.2 Å². The van der Waals surface area contributed by atoms with Crippen LogP contribution in [-0.4, -0.2) is 40.4 Å². The number of ether oxygens (including phenoxy) is 1. The molecule has 92 valence electrons. The van der Waals surface area contributed by atoms with E-state index >= 15 is 0 Å². The van der Waals surface area contributed by atoms with E-state index in [0.29, 0.717) is 12.5 Å². The lowest BCUT2D eigenvalue weighted by Gasteiger charge is -2.36. The lowest BCUT2D eigenvalue weighted by Crippen LogP contribution is -2.50. The Hall–Kier alpha value is -0.770. The molecule has 0 radical (unpaired) electrons. The second-order valence-electron chi connectivity index (χ2n) is 5.94. The van der Waals surface area contributed by atoms with Crippen LogP contribution in [0.4, 0.5) is 4.79 Å². The van der Waals surface area contributed by atoms with Crippen LogP contribution >= 0.6 is 0 Å². The Balaban J connectivity index is 2.05. The molecule has 0 aromatic rings. The summed E-state index contributed by atoms with van der Waals surface area (Å²) in [6, 6.07) is 0. The number of hydrogen-bond acceptors (Lipinski definition) is 3. The van der Waals surface area contributed by atoms with E-state index in [-0.39, 0.29) is 18.2 Å². The first-order chi connectivity index (χ1) is 7.39. The largest absolute Gasteiger partial charge is 0.444 e. The number of aliphatic hydroxyl groups excluding tert-OH is 1. The highest BCUT2D eigenvalue weighted by Crippen LogP contribution is 2.53. The molecular weight excluding hydrogens is 206 g/mol. The van der Waals surface area contributed by atoms with E-state index in [2.05, 4.69) is 0 Å². The lowest BCUT2D eigenvalue weighted by molar-refractivity contribution is -0.00425. The molecule has 2 rings (SSSR count). The van der Waals surface area contributed by atoms with E-state index < -0.39 is 5.60 Å². The molecule has 1 aliphatic carbocycles. The summed E-state index contributed by atoms with van der Waals surface area (Å²) in [6.45, 7) is 6.38. The minimum atomic E-state index is -0.463. The minimum Gasteiger partial charge on any atom is -0.444 e. The summed E-state index contributed by atoms with van der Waals surface area (Å²) in [4.78, 5) is 13.7. The number of piperidine rings is 1. The maximum atomic E-state index is 12.0. The van der Waals surface area contributed by atoms with Gasteiger partial charge in [-0.15, -0.1) is 0 Å². The minimum absolute atomic E-state index is 0.0664. The van der Waals surface area contributed by atoms with E-state index in [1.807, 2.05) is 20.8 Å². The molecule has 1 saturated heterocycles. The zero-order chi connectivity index (χ0) is 12.0. The van der Waals surface area contributed by atoms with Crippen molar-refractivity contribution in [3.05, 3.63) is 0 Å². The number of carbonyl (C=O) groups is 1. The molecule has 1 amide bonds. The van der Waals surface area contributed by atoms with Gasteiger partial charge in [0.2, 0.25) is 0 Å². The number of hydrogen-bond donors (Lipinski definition) is 1.